The summed E-state index contributed by atoms with van der Waals surface area (Å²) in [7, 11) is 0. The summed E-state index contributed by atoms with van der Waals surface area (Å²) in [6.45, 7) is 13.9. The lowest BCUT2D eigenvalue weighted by molar-refractivity contribution is -0.115. The molecule has 4 aliphatic carbocycles. The predicted octanol–water partition coefficient (Wildman–Crippen LogP) is 6.56. The predicted molar refractivity (Wildman–Crippen MR) is 123 cm³/mol. The third-order valence-corrected chi connectivity index (χ3v) is 11.8. The van der Waals surface area contributed by atoms with Gasteiger partial charge in [0, 0.05) is 12.5 Å². The molecule has 2 nitrogen and oxygen atoms in total. The van der Waals surface area contributed by atoms with E-state index in [0.717, 1.165) is 42.1 Å². The van der Waals surface area contributed by atoms with Crippen molar-refractivity contribution in [2.24, 2.45) is 52.3 Å². The Morgan fingerprint density at radius 2 is 1.77 bits per heavy atom. The highest BCUT2D eigenvalue weighted by Crippen LogP contribution is 2.70. The van der Waals surface area contributed by atoms with Gasteiger partial charge in [0.15, 0.2) is 0 Å². The molecule has 2 heteroatoms. The monoisotopic (exact) mass is 411 g/mol. The lowest BCUT2D eigenvalue weighted by Crippen LogP contribution is -2.57. The topological polar surface area (TPSA) is 21.3 Å². The van der Waals surface area contributed by atoms with E-state index in [-0.39, 0.29) is 5.72 Å². The average molecular weight is 412 g/mol. The van der Waals surface area contributed by atoms with Crippen LogP contribution in [0.2, 0.25) is 0 Å². The Kier molecular flexibility index (Phi) is 4.46. The van der Waals surface area contributed by atoms with Crippen LogP contribution in [0, 0.1) is 52.3 Å². The van der Waals surface area contributed by atoms with Gasteiger partial charge in [0.1, 0.15) is 5.72 Å². The second kappa shape index (κ2) is 6.60. The van der Waals surface area contributed by atoms with Gasteiger partial charge >= 0.3 is 0 Å². The minimum atomic E-state index is -0.0161. The Labute approximate surface area is 185 Å². The van der Waals surface area contributed by atoms with Crippen LogP contribution in [0.3, 0.4) is 0 Å². The van der Waals surface area contributed by atoms with Crippen LogP contribution in [0.1, 0.15) is 92.4 Å². The quantitative estimate of drug-likeness (QED) is 0.456. The highest BCUT2D eigenvalue weighted by molar-refractivity contribution is 5.26. The minimum absolute atomic E-state index is 0.0161. The van der Waals surface area contributed by atoms with Crippen molar-refractivity contribution in [2.45, 2.75) is 104 Å². The third-order valence-electron chi connectivity index (χ3n) is 11.8. The van der Waals surface area contributed by atoms with E-state index in [1.807, 2.05) is 5.57 Å². The van der Waals surface area contributed by atoms with Gasteiger partial charge in [-0.1, -0.05) is 46.3 Å². The Balaban J connectivity index is 1.28. The molecule has 2 aliphatic heterocycles. The Morgan fingerprint density at radius 3 is 2.53 bits per heavy atom. The number of hydrogen-bond donors (Lipinski definition) is 1. The fourth-order valence-electron chi connectivity index (χ4n) is 10.0. The molecule has 0 radical (unpaired) electrons. The maximum absolute atomic E-state index is 7.03. The zero-order chi connectivity index (χ0) is 20.9. The Morgan fingerprint density at radius 1 is 0.967 bits per heavy atom. The number of ether oxygens (including phenoxy) is 1. The second-order valence-corrected chi connectivity index (χ2v) is 13.3. The molecular weight excluding hydrogens is 366 g/mol. The third kappa shape index (κ3) is 2.56. The van der Waals surface area contributed by atoms with E-state index in [2.05, 4.69) is 46.0 Å². The molecule has 0 aromatic rings. The molecule has 6 rings (SSSR count). The zero-order valence-electron chi connectivity index (χ0n) is 20.2. The number of piperidine rings is 1. The Hall–Kier alpha value is -0.340. The molecule has 11 atom stereocenters. The summed E-state index contributed by atoms with van der Waals surface area (Å²) in [5, 5.41) is 3.91. The van der Waals surface area contributed by atoms with Crippen molar-refractivity contribution in [1.82, 2.24) is 5.32 Å². The molecular formula is C28H45NO. The molecule has 3 saturated carbocycles. The van der Waals surface area contributed by atoms with Crippen molar-refractivity contribution in [3.8, 4) is 0 Å². The summed E-state index contributed by atoms with van der Waals surface area (Å²) in [5.74, 6) is 5.82. The number of allylic oxidation sites excluding steroid dienone is 2. The van der Waals surface area contributed by atoms with E-state index in [4.69, 9.17) is 4.74 Å². The standard InChI is InChI=1S/C28H45NO/c1-17-8-11-26(4)20(14-17)6-7-21-22(26)10-12-27(5)23(21)15-24-25(27)19(3)28(30-24)13-9-18(2)16-29-28/h6,17-19,21-25,29H,7-16H2,1-5H3/t17?,18?,19-,21?,22?,23?,24?,25?,26-,27-,28?/m0/s1. The van der Waals surface area contributed by atoms with Gasteiger partial charge < -0.3 is 4.74 Å². The van der Waals surface area contributed by atoms with Crippen LogP contribution in [0.4, 0.5) is 0 Å². The molecule has 0 bridgehead atoms. The van der Waals surface area contributed by atoms with Crippen LogP contribution in [-0.4, -0.2) is 18.4 Å². The molecule has 5 fully saturated rings. The van der Waals surface area contributed by atoms with E-state index in [1.165, 1.54) is 57.8 Å². The van der Waals surface area contributed by atoms with Gasteiger partial charge in [0.05, 0.1) is 6.10 Å². The van der Waals surface area contributed by atoms with E-state index in [9.17, 15) is 0 Å². The summed E-state index contributed by atoms with van der Waals surface area (Å²) in [5.41, 5.74) is 2.82. The SMILES string of the molecule is CC1CCC2(NC1)OC1CC3C4CC=C5CC(C)CC[C@]5(C)C4CC[C@]3(C)C1[C@@H]2C. The van der Waals surface area contributed by atoms with Crippen LogP contribution >= 0.6 is 0 Å². The van der Waals surface area contributed by atoms with Gasteiger partial charge in [-0.15, -0.1) is 0 Å². The smallest absolute Gasteiger partial charge is 0.122 e. The number of rotatable bonds is 0. The molecule has 0 aromatic carbocycles. The first-order valence-corrected chi connectivity index (χ1v) is 13.4. The number of nitrogens with one attached hydrogen (secondary N) is 1. The highest BCUT2D eigenvalue weighted by Gasteiger charge is 2.68. The number of fused-ring (bicyclic) bond motifs is 7. The van der Waals surface area contributed by atoms with E-state index in [1.54, 1.807) is 0 Å². The van der Waals surface area contributed by atoms with Crippen molar-refractivity contribution < 1.29 is 4.74 Å². The molecule has 168 valence electrons. The van der Waals surface area contributed by atoms with Crippen LogP contribution in [0.25, 0.3) is 0 Å². The van der Waals surface area contributed by atoms with Crippen LogP contribution in [0.15, 0.2) is 11.6 Å². The van der Waals surface area contributed by atoms with Crippen molar-refractivity contribution >= 4 is 0 Å². The largest absolute Gasteiger partial charge is 0.357 e. The molecule has 1 N–H and O–H groups in total. The molecule has 2 heterocycles. The van der Waals surface area contributed by atoms with Crippen LogP contribution < -0.4 is 5.32 Å². The van der Waals surface area contributed by atoms with Gasteiger partial charge in [0.25, 0.3) is 0 Å². The summed E-state index contributed by atoms with van der Waals surface area (Å²) in [4.78, 5) is 0. The summed E-state index contributed by atoms with van der Waals surface area (Å²) >= 11 is 0. The summed E-state index contributed by atoms with van der Waals surface area (Å²) in [6, 6.07) is 0. The lowest BCUT2D eigenvalue weighted by Gasteiger charge is -2.58. The fraction of sp³-hybridized carbons (Fsp3) is 0.929. The first-order valence-electron chi connectivity index (χ1n) is 13.4. The molecule has 8 unspecified atom stereocenters. The molecule has 6 aliphatic rings. The Bertz CT molecular complexity index is 735. The lowest BCUT2D eigenvalue weighted by atomic mass is 9.46. The normalized spacial score (nSPS) is 59.8. The van der Waals surface area contributed by atoms with Gasteiger partial charge in [-0.3, -0.25) is 5.32 Å². The summed E-state index contributed by atoms with van der Waals surface area (Å²) in [6.07, 6.45) is 15.6. The van der Waals surface area contributed by atoms with Gasteiger partial charge in [-0.25, -0.2) is 0 Å². The van der Waals surface area contributed by atoms with Gasteiger partial charge in [-0.2, -0.15) is 0 Å². The second-order valence-electron chi connectivity index (χ2n) is 13.3. The van der Waals surface area contributed by atoms with Crippen molar-refractivity contribution in [3.63, 3.8) is 0 Å². The van der Waals surface area contributed by atoms with Crippen LogP contribution in [0.5, 0.6) is 0 Å². The zero-order valence-corrected chi connectivity index (χ0v) is 20.2. The number of hydrogen-bond acceptors (Lipinski definition) is 2. The van der Waals surface area contributed by atoms with Crippen molar-refractivity contribution in [3.05, 3.63) is 11.6 Å². The first kappa shape index (κ1) is 20.3. The minimum Gasteiger partial charge on any atom is -0.357 e. The van der Waals surface area contributed by atoms with E-state index < -0.39 is 0 Å². The maximum atomic E-state index is 7.03. The summed E-state index contributed by atoms with van der Waals surface area (Å²) < 4.78 is 7.03. The highest BCUT2D eigenvalue weighted by atomic mass is 16.5. The molecule has 0 amide bonds. The molecule has 30 heavy (non-hydrogen) atoms. The van der Waals surface area contributed by atoms with Crippen molar-refractivity contribution in [2.75, 3.05) is 6.54 Å². The molecule has 1 spiro atoms. The van der Waals surface area contributed by atoms with Crippen LogP contribution in [-0.2, 0) is 4.74 Å². The van der Waals surface area contributed by atoms with E-state index in [0.29, 0.717) is 22.9 Å². The van der Waals surface area contributed by atoms with Gasteiger partial charge in [-0.05, 0) is 104 Å². The van der Waals surface area contributed by atoms with Crippen molar-refractivity contribution in [1.29, 1.82) is 0 Å². The molecule has 0 aromatic heterocycles. The molecule has 2 saturated heterocycles. The van der Waals surface area contributed by atoms with Gasteiger partial charge in [0.2, 0.25) is 0 Å². The maximum Gasteiger partial charge on any atom is 0.122 e. The van der Waals surface area contributed by atoms with E-state index >= 15 is 0 Å². The average Bonchev–Trinajstić information content (AvgIpc) is 3.16. The fourth-order valence-corrected chi connectivity index (χ4v) is 10.0. The first-order chi connectivity index (χ1) is 14.3.